The molecule has 6 heteroatoms. The van der Waals surface area contributed by atoms with Crippen molar-refractivity contribution in [2.24, 2.45) is 4.99 Å². The lowest BCUT2D eigenvalue weighted by atomic mass is 10.1. The lowest BCUT2D eigenvalue weighted by molar-refractivity contribution is 0.457. The molecule has 0 atom stereocenters. The van der Waals surface area contributed by atoms with Gasteiger partial charge in [-0.05, 0) is 37.1 Å². The molecular weight excluding hydrogens is 348 g/mol. The molecule has 0 radical (unpaired) electrons. The number of rotatable bonds is 7. The molecule has 0 saturated heterocycles. The van der Waals surface area contributed by atoms with Crippen molar-refractivity contribution in [2.75, 3.05) is 18.0 Å². The molecule has 0 unspecified atom stereocenters. The number of aliphatic imine (C=N–C) groups is 1. The molecule has 0 bridgehead atoms. The topological polar surface area (TPSA) is 51.6 Å². The highest BCUT2D eigenvalue weighted by molar-refractivity contribution is 6.02. The van der Waals surface area contributed by atoms with Gasteiger partial charge in [0.15, 0.2) is 5.88 Å². The molecule has 0 saturated carbocycles. The van der Waals surface area contributed by atoms with Gasteiger partial charge in [0, 0.05) is 30.8 Å². The SMILES string of the molecule is CCCN(CCC)c1ccc(N=Cc2c(O)[nH]c3cccc(F)c23)cc1F. The third kappa shape index (κ3) is 3.94. The quantitative estimate of drug-likeness (QED) is 0.537. The molecule has 3 aromatic rings. The lowest BCUT2D eigenvalue weighted by Crippen LogP contribution is -2.25. The molecule has 0 aliphatic heterocycles. The smallest absolute Gasteiger partial charge is 0.198 e. The number of aromatic nitrogens is 1. The Labute approximate surface area is 157 Å². The average molecular weight is 371 g/mol. The molecule has 142 valence electrons. The Kier molecular flexibility index (Phi) is 5.74. The van der Waals surface area contributed by atoms with Gasteiger partial charge in [0.05, 0.1) is 22.5 Å². The van der Waals surface area contributed by atoms with E-state index in [2.05, 4.69) is 23.8 Å². The molecule has 2 N–H and O–H groups in total. The fourth-order valence-corrected chi connectivity index (χ4v) is 3.21. The van der Waals surface area contributed by atoms with E-state index in [-0.39, 0.29) is 22.6 Å². The van der Waals surface area contributed by atoms with E-state index < -0.39 is 5.82 Å². The summed E-state index contributed by atoms with van der Waals surface area (Å²) in [6, 6.07) is 9.32. The maximum Gasteiger partial charge on any atom is 0.198 e. The number of anilines is 1. The number of fused-ring (bicyclic) bond motifs is 1. The van der Waals surface area contributed by atoms with Crippen molar-refractivity contribution >= 4 is 28.5 Å². The van der Waals surface area contributed by atoms with Crippen LogP contribution in [0.2, 0.25) is 0 Å². The molecule has 0 spiro atoms. The molecule has 0 aliphatic carbocycles. The predicted octanol–water partition coefficient (Wildman–Crippen LogP) is 5.53. The summed E-state index contributed by atoms with van der Waals surface area (Å²) in [5.41, 5.74) is 1.67. The monoisotopic (exact) mass is 371 g/mol. The molecule has 0 aliphatic rings. The highest BCUT2D eigenvalue weighted by Gasteiger charge is 2.13. The first-order valence-corrected chi connectivity index (χ1v) is 9.12. The van der Waals surface area contributed by atoms with Crippen LogP contribution in [-0.4, -0.2) is 29.4 Å². The van der Waals surface area contributed by atoms with Crippen molar-refractivity contribution in [3.05, 3.63) is 53.6 Å². The summed E-state index contributed by atoms with van der Waals surface area (Å²) >= 11 is 0. The van der Waals surface area contributed by atoms with E-state index in [0.29, 0.717) is 16.9 Å². The summed E-state index contributed by atoms with van der Waals surface area (Å²) in [7, 11) is 0. The Balaban J connectivity index is 1.91. The van der Waals surface area contributed by atoms with E-state index in [9.17, 15) is 13.9 Å². The number of hydrogen-bond acceptors (Lipinski definition) is 3. The molecule has 27 heavy (non-hydrogen) atoms. The molecule has 3 rings (SSSR count). The number of nitrogens with zero attached hydrogens (tertiary/aromatic N) is 2. The molecule has 0 fully saturated rings. The largest absolute Gasteiger partial charge is 0.494 e. The van der Waals surface area contributed by atoms with Crippen molar-refractivity contribution < 1.29 is 13.9 Å². The fourth-order valence-electron chi connectivity index (χ4n) is 3.21. The fraction of sp³-hybridized carbons (Fsp3) is 0.286. The number of benzene rings is 2. The zero-order valence-electron chi connectivity index (χ0n) is 15.5. The van der Waals surface area contributed by atoms with Crippen LogP contribution < -0.4 is 4.90 Å². The lowest BCUT2D eigenvalue weighted by Gasteiger charge is -2.24. The van der Waals surface area contributed by atoms with Crippen LogP contribution in [0.15, 0.2) is 41.4 Å². The number of H-pyrrole nitrogens is 1. The van der Waals surface area contributed by atoms with E-state index in [1.807, 2.05) is 4.90 Å². The minimum atomic E-state index is -0.457. The number of aromatic amines is 1. The van der Waals surface area contributed by atoms with Crippen LogP contribution in [0.5, 0.6) is 5.88 Å². The number of hydrogen-bond donors (Lipinski definition) is 2. The summed E-state index contributed by atoms with van der Waals surface area (Å²) in [5.74, 6) is -0.976. The van der Waals surface area contributed by atoms with Crippen LogP contribution >= 0.6 is 0 Å². The van der Waals surface area contributed by atoms with Gasteiger partial charge < -0.3 is 15.0 Å². The van der Waals surface area contributed by atoms with Gasteiger partial charge in [-0.15, -0.1) is 0 Å². The van der Waals surface area contributed by atoms with Crippen LogP contribution in [0.25, 0.3) is 10.9 Å². The Hall–Kier alpha value is -2.89. The molecule has 1 heterocycles. The second-order valence-corrected chi connectivity index (χ2v) is 6.43. The Morgan fingerprint density at radius 1 is 1.07 bits per heavy atom. The standard InChI is InChI=1S/C21H23F2N3O/c1-3-10-26(11-4-2)19-9-8-14(12-17(19)23)24-13-15-20-16(22)6-5-7-18(20)25-21(15)27/h5-9,12-13,25,27H,3-4,10-11H2,1-2H3. The minimum absolute atomic E-state index is 0.173. The Morgan fingerprint density at radius 2 is 1.81 bits per heavy atom. The number of nitrogens with one attached hydrogen (secondary N) is 1. The maximum atomic E-state index is 14.6. The van der Waals surface area contributed by atoms with Crippen molar-refractivity contribution in [1.29, 1.82) is 0 Å². The summed E-state index contributed by atoms with van der Waals surface area (Å²) in [6.07, 6.45) is 3.22. The van der Waals surface area contributed by atoms with Gasteiger partial charge >= 0.3 is 0 Å². The molecule has 2 aromatic carbocycles. The van der Waals surface area contributed by atoms with Gasteiger partial charge in [-0.1, -0.05) is 19.9 Å². The number of aromatic hydroxyl groups is 1. The van der Waals surface area contributed by atoms with Gasteiger partial charge in [-0.2, -0.15) is 0 Å². The first kappa shape index (κ1) is 18.9. The van der Waals surface area contributed by atoms with Crippen LogP contribution in [0.3, 0.4) is 0 Å². The number of halogens is 2. The highest BCUT2D eigenvalue weighted by Crippen LogP contribution is 2.29. The summed E-state index contributed by atoms with van der Waals surface area (Å²) in [6.45, 7) is 5.70. The average Bonchev–Trinajstić information content (AvgIpc) is 2.96. The van der Waals surface area contributed by atoms with Gasteiger partial charge in [0.1, 0.15) is 11.6 Å². The van der Waals surface area contributed by atoms with Gasteiger partial charge in [0.25, 0.3) is 0 Å². The van der Waals surface area contributed by atoms with Crippen molar-refractivity contribution in [2.45, 2.75) is 26.7 Å². The summed E-state index contributed by atoms with van der Waals surface area (Å²) in [5, 5.41) is 10.3. The first-order chi connectivity index (χ1) is 13.0. The van der Waals surface area contributed by atoms with Crippen molar-refractivity contribution in [3.8, 4) is 5.88 Å². The summed E-state index contributed by atoms with van der Waals surface area (Å²) in [4.78, 5) is 8.95. The van der Waals surface area contributed by atoms with E-state index in [0.717, 1.165) is 25.9 Å². The predicted molar refractivity (Wildman–Crippen MR) is 106 cm³/mol. The van der Waals surface area contributed by atoms with E-state index in [1.54, 1.807) is 24.3 Å². The third-order valence-corrected chi connectivity index (χ3v) is 4.39. The molecule has 0 amide bonds. The zero-order chi connectivity index (χ0) is 19.4. The van der Waals surface area contributed by atoms with Crippen LogP contribution in [0.1, 0.15) is 32.3 Å². The van der Waals surface area contributed by atoms with Crippen LogP contribution in [0, 0.1) is 11.6 Å². The van der Waals surface area contributed by atoms with Crippen LogP contribution in [-0.2, 0) is 0 Å². The second-order valence-electron chi connectivity index (χ2n) is 6.43. The highest BCUT2D eigenvalue weighted by atomic mass is 19.1. The van der Waals surface area contributed by atoms with Crippen LogP contribution in [0.4, 0.5) is 20.2 Å². The normalized spacial score (nSPS) is 11.6. The zero-order valence-corrected chi connectivity index (χ0v) is 15.5. The van der Waals surface area contributed by atoms with Gasteiger partial charge in [-0.3, -0.25) is 4.99 Å². The van der Waals surface area contributed by atoms with Gasteiger partial charge in [0.2, 0.25) is 0 Å². The Bertz CT molecular complexity index is 959. The minimum Gasteiger partial charge on any atom is -0.494 e. The maximum absolute atomic E-state index is 14.6. The first-order valence-electron chi connectivity index (χ1n) is 9.12. The van der Waals surface area contributed by atoms with Gasteiger partial charge in [-0.25, -0.2) is 8.78 Å². The molecular formula is C21H23F2N3O. The Morgan fingerprint density at radius 3 is 2.48 bits per heavy atom. The second kappa shape index (κ2) is 8.20. The molecule has 1 aromatic heterocycles. The van der Waals surface area contributed by atoms with E-state index >= 15 is 0 Å². The molecule has 4 nitrogen and oxygen atoms in total. The summed E-state index contributed by atoms with van der Waals surface area (Å²) < 4.78 is 28.7. The van der Waals surface area contributed by atoms with E-state index in [1.165, 1.54) is 18.3 Å². The van der Waals surface area contributed by atoms with E-state index in [4.69, 9.17) is 0 Å². The van der Waals surface area contributed by atoms with Crippen molar-refractivity contribution in [3.63, 3.8) is 0 Å². The third-order valence-electron chi connectivity index (χ3n) is 4.39. The van der Waals surface area contributed by atoms with Crippen molar-refractivity contribution in [1.82, 2.24) is 4.98 Å².